The fraction of sp³-hybridized carbons (Fsp3) is 0.417. The van der Waals surface area contributed by atoms with Crippen LogP contribution in [0.3, 0.4) is 0 Å². The van der Waals surface area contributed by atoms with Gasteiger partial charge in [-0.1, -0.05) is 19.4 Å². The van der Waals surface area contributed by atoms with Gasteiger partial charge in [0.15, 0.2) is 0 Å². The van der Waals surface area contributed by atoms with Gasteiger partial charge in [0.05, 0.1) is 0 Å². The average molecular weight is 243 g/mol. The number of carboxylic acids is 1. The number of hydrogen-bond donors (Lipinski definition) is 2. The molecule has 0 radical (unpaired) electrons. The summed E-state index contributed by atoms with van der Waals surface area (Å²) in [6.45, 7) is 2.44. The first-order valence-corrected chi connectivity index (χ1v) is 5.47. The molecule has 0 saturated heterocycles. The summed E-state index contributed by atoms with van der Waals surface area (Å²) in [6.07, 6.45) is 1.71. The normalized spacial score (nSPS) is 12.4. The van der Waals surface area contributed by atoms with Crippen molar-refractivity contribution in [2.75, 3.05) is 6.54 Å². The predicted molar refractivity (Wildman–Crippen MR) is 59.6 cm³/mol. The minimum atomic E-state index is -1.17. The first-order chi connectivity index (χ1) is 8.06. The van der Waals surface area contributed by atoms with Crippen molar-refractivity contribution in [2.24, 2.45) is 0 Å². The minimum Gasteiger partial charge on any atom is -0.480 e. The molecule has 5 heteroatoms. The van der Waals surface area contributed by atoms with Crippen LogP contribution >= 0.6 is 0 Å². The van der Waals surface area contributed by atoms with Crippen molar-refractivity contribution in [3.63, 3.8) is 0 Å². The molecule has 17 heavy (non-hydrogen) atoms. The van der Waals surface area contributed by atoms with Gasteiger partial charge in [-0.15, -0.1) is 0 Å². The topological polar surface area (TPSA) is 49.3 Å². The lowest BCUT2D eigenvalue weighted by atomic mass is 10.1. The standard InChI is InChI=1S/C12H15F2NO2/c1-2-3-6-15-11(12(16)17)9-5-4-8(13)7-10(9)14/h4-5,7,11,15H,2-3,6H2,1H3,(H,16,17). The Labute approximate surface area is 98.5 Å². The quantitative estimate of drug-likeness (QED) is 0.755. The summed E-state index contributed by atoms with van der Waals surface area (Å²) < 4.78 is 26.1. The Bertz CT molecular complexity index is 396. The third-order valence-electron chi connectivity index (χ3n) is 2.40. The van der Waals surface area contributed by atoms with E-state index in [0.717, 1.165) is 25.0 Å². The molecule has 0 heterocycles. The smallest absolute Gasteiger partial charge is 0.325 e. The Hall–Kier alpha value is -1.49. The monoisotopic (exact) mass is 243 g/mol. The fourth-order valence-corrected chi connectivity index (χ4v) is 1.49. The Morgan fingerprint density at radius 3 is 2.71 bits per heavy atom. The van der Waals surface area contributed by atoms with Crippen molar-refractivity contribution in [3.8, 4) is 0 Å². The first-order valence-electron chi connectivity index (χ1n) is 5.47. The summed E-state index contributed by atoms with van der Waals surface area (Å²) >= 11 is 0. The molecule has 94 valence electrons. The molecule has 0 saturated carbocycles. The second-order valence-electron chi connectivity index (χ2n) is 3.74. The molecular weight excluding hydrogens is 228 g/mol. The molecule has 0 aliphatic carbocycles. The predicted octanol–water partition coefficient (Wildman–Crippen LogP) is 2.48. The molecule has 0 bridgehead atoms. The largest absolute Gasteiger partial charge is 0.480 e. The SMILES string of the molecule is CCCCNC(C(=O)O)c1ccc(F)cc1F. The zero-order chi connectivity index (χ0) is 12.8. The molecule has 2 N–H and O–H groups in total. The number of benzene rings is 1. The highest BCUT2D eigenvalue weighted by atomic mass is 19.1. The van der Waals surface area contributed by atoms with Crippen molar-refractivity contribution < 1.29 is 18.7 Å². The lowest BCUT2D eigenvalue weighted by Crippen LogP contribution is -2.30. The van der Waals surface area contributed by atoms with Crippen LogP contribution in [-0.2, 0) is 4.79 Å². The van der Waals surface area contributed by atoms with Gasteiger partial charge in [0.1, 0.15) is 17.7 Å². The Balaban J connectivity index is 2.86. The van der Waals surface area contributed by atoms with Gasteiger partial charge >= 0.3 is 5.97 Å². The van der Waals surface area contributed by atoms with Crippen LogP contribution in [0, 0.1) is 11.6 Å². The number of carboxylic acid groups (broad SMARTS) is 1. The van der Waals surface area contributed by atoms with Gasteiger partial charge in [-0.3, -0.25) is 4.79 Å². The minimum absolute atomic E-state index is 0.0463. The Kier molecular flexibility index (Phi) is 5.03. The second kappa shape index (κ2) is 6.30. The molecule has 1 rings (SSSR count). The van der Waals surface area contributed by atoms with Crippen LogP contribution in [0.2, 0.25) is 0 Å². The summed E-state index contributed by atoms with van der Waals surface area (Å²) in [6, 6.07) is 1.76. The van der Waals surface area contributed by atoms with E-state index in [4.69, 9.17) is 5.11 Å². The number of rotatable bonds is 6. The van der Waals surface area contributed by atoms with Crippen LogP contribution in [0.1, 0.15) is 31.4 Å². The molecule has 0 fully saturated rings. The Morgan fingerprint density at radius 2 is 2.18 bits per heavy atom. The van der Waals surface area contributed by atoms with Crippen molar-refractivity contribution in [2.45, 2.75) is 25.8 Å². The maximum Gasteiger partial charge on any atom is 0.325 e. The number of nitrogens with one attached hydrogen (secondary N) is 1. The van der Waals surface area contributed by atoms with E-state index in [0.29, 0.717) is 12.6 Å². The van der Waals surface area contributed by atoms with E-state index in [-0.39, 0.29) is 5.56 Å². The summed E-state index contributed by atoms with van der Waals surface area (Å²) in [5, 5.41) is 11.7. The van der Waals surface area contributed by atoms with E-state index in [1.54, 1.807) is 0 Å². The molecule has 0 spiro atoms. The second-order valence-corrected chi connectivity index (χ2v) is 3.74. The van der Waals surface area contributed by atoms with Crippen LogP contribution in [0.5, 0.6) is 0 Å². The Morgan fingerprint density at radius 1 is 1.47 bits per heavy atom. The van der Waals surface area contributed by atoms with Gasteiger partial charge in [-0.05, 0) is 19.0 Å². The van der Waals surface area contributed by atoms with Crippen LogP contribution in [-0.4, -0.2) is 17.6 Å². The summed E-state index contributed by atoms with van der Waals surface area (Å²) in [4.78, 5) is 11.0. The van der Waals surface area contributed by atoms with Gasteiger partial charge in [-0.25, -0.2) is 8.78 Å². The maximum absolute atomic E-state index is 13.4. The van der Waals surface area contributed by atoms with E-state index in [2.05, 4.69) is 5.32 Å². The van der Waals surface area contributed by atoms with Crippen molar-refractivity contribution in [1.82, 2.24) is 5.32 Å². The van der Waals surface area contributed by atoms with Gasteiger partial charge in [-0.2, -0.15) is 0 Å². The van der Waals surface area contributed by atoms with E-state index >= 15 is 0 Å². The number of hydrogen-bond acceptors (Lipinski definition) is 2. The lowest BCUT2D eigenvalue weighted by Gasteiger charge is -2.15. The average Bonchev–Trinajstić information content (AvgIpc) is 2.25. The van der Waals surface area contributed by atoms with Crippen molar-refractivity contribution in [1.29, 1.82) is 0 Å². The third-order valence-corrected chi connectivity index (χ3v) is 2.40. The highest BCUT2D eigenvalue weighted by Crippen LogP contribution is 2.18. The molecule has 0 amide bonds. The molecule has 1 aromatic rings. The summed E-state index contributed by atoms with van der Waals surface area (Å²) in [5.41, 5.74) is -0.0463. The molecule has 1 atom stereocenters. The maximum atomic E-state index is 13.4. The molecule has 1 unspecified atom stereocenters. The number of unbranched alkanes of at least 4 members (excludes halogenated alkanes) is 1. The summed E-state index contributed by atoms with van der Waals surface area (Å²) in [7, 11) is 0. The van der Waals surface area contributed by atoms with Gasteiger partial charge in [0.25, 0.3) is 0 Å². The van der Waals surface area contributed by atoms with E-state index in [9.17, 15) is 13.6 Å². The number of halogens is 2. The zero-order valence-electron chi connectivity index (χ0n) is 9.54. The number of carbonyl (C=O) groups is 1. The first kappa shape index (κ1) is 13.6. The third kappa shape index (κ3) is 3.78. The van der Waals surface area contributed by atoms with Gasteiger partial charge < -0.3 is 10.4 Å². The van der Waals surface area contributed by atoms with E-state index in [1.807, 2.05) is 6.92 Å². The molecule has 1 aromatic carbocycles. The number of aliphatic carboxylic acids is 1. The van der Waals surface area contributed by atoms with Gasteiger partial charge in [0, 0.05) is 11.6 Å². The zero-order valence-corrected chi connectivity index (χ0v) is 9.54. The van der Waals surface area contributed by atoms with Crippen LogP contribution in [0.15, 0.2) is 18.2 Å². The summed E-state index contributed by atoms with van der Waals surface area (Å²) in [5.74, 6) is -2.74. The van der Waals surface area contributed by atoms with Gasteiger partial charge in [0.2, 0.25) is 0 Å². The molecule has 0 aliphatic rings. The molecule has 0 aliphatic heterocycles. The van der Waals surface area contributed by atoms with E-state index < -0.39 is 23.6 Å². The molecular formula is C12H15F2NO2. The molecule has 3 nitrogen and oxygen atoms in total. The van der Waals surface area contributed by atoms with Crippen LogP contribution in [0.4, 0.5) is 8.78 Å². The fourth-order valence-electron chi connectivity index (χ4n) is 1.49. The highest BCUT2D eigenvalue weighted by molar-refractivity contribution is 5.75. The molecule has 0 aromatic heterocycles. The highest BCUT2D eigenvalue weighted by Gasteiger charge is 2.22. The lowest BCUT2D eigenvalue weighted by molar-refractivity contribution is -0.139. The van der Waals surface area contributed by atoms with Crippen molar-refractivity contribution in [3.05, 3.63) is 35.4 Å². The van der Waals surface area contributed by atoms with Crippen molar-refractivity contribution >= 4 is 5.97 Å². The van der Waals surface area contributed by atoms with Crippen LogP contribution in [0.25, 0.3) is 0 Å². The van der Waals surface area contributed by atoms with E-state index in [1.165, 1.54) is 0 Å². The van der Waals surface area contributed by atoms with Crippen LogP contribution < -0.4 is 5.32 Å².